The van der Waals surface area contributed by atoms with Crippen LogP contribution in [0.15, 0.2) is 52.3 Å². The lowest BCUT2D eigenvalue weighted by Crippen LogP contribution is -2.39. The second-order valence-corrected chi connectivity index (χ2v) is 6.96. The summed E-state index contributed by atoms with van der Waals surface area (Å²) in [6.45, 7) is 0.656. The summed E-state index contributed by atoms with van der Waals surface area (Å²) in [6, 6.07) is 11.4. The number of fused-ring (bicyclic) bond motifs is 1. The summed E-state index contributed by atoms with van der Waals surface area (Å²) in [7, 11) is -3.67. The van der Waals surface area contributed by atoms with Crippen molar-refractivity contribution < 1.29 is 13.5 Å². The van der Waals surface area contributed by atoms with Gasteiger partial charge in [-0.05, 0) is 23.8 Å². The van der Waals surface area contributed by atoms with Gasteiger partial charge < -0.3 is 16.2 Å². The van der Waals surface area contributed by atoms with Crippen LogP contribution in [0, 0.1) is 0 Å². The van der Waals surface area contributed by atoms with E-state index >= 15 is 0 Å². The molecule has 0 aliphatic carbocycles. The van der Waals surface area contributed by atoms with Gasteiger partial charge in [0, 0.05) is 23.2 Å². The van der Waals surface area contributed by atoms with Crippen molar-refractivity contribution in [2.45, 2.75) is 16.3 Å². The first kappa shape index (κ1) is 14.6. The minimum atomic E-state index is -3.67. The fourth-order valence-corrected chi connectivity index (χ4v) is 3.92. The van der Waals surface area contributed by atoms with Crippen molar-refractivity contribution in [2.75, 3.05) is 6.54 Å². The van der Waals surface area contributed by atoms with E-state index in [2.05, 4.69) is 5.32 Å². The Labute approximate surface area is 128 Å². The maximum Gasteiger partial charge on any atom is 0.207 e. The quantitative estimate of drug-likeness (QED) is 0.740. The molecule has 3 rings (SSSR count). The summed E-state index contributed by atoms with van der Waals surface area (Å²) in [5.74, 6) is 0.132. The van der Waals surface area contributed by atoms with E-state index < -0.39 is 9.84 Å². The predicted molar refractivity (Wildman–Crippen MR) is 84.0 cm³/mol. The first-order valence-corrected chi connectivity index (χ1v) is 8.31. The van der Waals surface area contributed by atoms with Crippen molar-refractivity contribution in [3.63, 3.8) is 0 Å². The fourth-order valence-electron chi connectivity index (χ4n) is 2.46. The van der Waals surface area contributed by atoms with Crippen molar-refractivity contribution >= 4 is 21.8 Å². The van der Waals surface area contributed by atoms with Gasteiger partial charge >= 0.3 is 0 Å². The highest BCUT2D eigenvalue weighted by Crippen LogP contribution is 2.18. The molecule has 0 unspecified atom stereocenters. The molecule has 0 spiro atoms. The molecule has 1 aliphatic rings. The van der Waals surface area contributed by atoms with Gasteiger partial charge in [-0.2, -0.15) is 0 Å². The van der Waals surface area contributed by atoms with E-state index in [1.807, 2.05) is 0 Å². The van der Waals surface area contributed by atoms with E-state index in [1.54, 1.807) is 48.7 Å². The molecule has 0 amide bonds. The van der Waals surface area contributed by atoms with E-state index in [4.69, 9.17) is 5.73 Å². The lowest BCUT2D eigenvalue weighted by Gasteiger charge is -2.11. The number of benzene rings is 2. The topological polar surface area (TPSA) is 92.4 Å². The molecule has 0 saturated carbocycles. The van der Waals surface area contributed by atoms with Crippen LogP contribution in [-0.4, -0.2) is 20.1 Å². The molecule has 5 nitrogen and oxygen atoms in total. The Kier molecular flexibility index (Phi) is 3.64. The monoisotopic (exact) mass is 316 g/mol. The van der Waals surface area contributed by atoms with Crippen LogP contribution in [0.4, 0.5) is 0 Å². The zero-order valence-electron chi connectivity index (χ0n) is 11.8. The second kappa shape index (κ2) is 5.47. The zero-order valence-corrected chi connectivity index (χ0v) is 12.6. The minimum Gasteiger partial charge on any atom is -0.510 e. The number of aliphatic hydroxyl groups excluding tert-OH is 1. The molecule has 0 bridgehead atoms. The molecular formula is C16H16N2O3S. The molecular weight excluding hydrogens is 300 g/mol. The van der Waals surface area contributed by atoms with E-state index in [9.17, 15) is 13.5 Å². The molecule has 114 valence electrons. The largest absolute Gasteiger partial charge is 0.510 e. The number of hydrogen-bond donors (Lipinski definition) is 3. The molecule has 1 heterocycles. The van der Waals surface area contributed by atoms with E-state index in [-0.39, 0.29) is 15.6 Å². The summed E-state index contributed by atoms with van der Waals surface area (Å²) in [5, 5.41) is 13.8. The molecule has 4 N–H and O–H groups in total. The van der Waals surface area contributed by atoms with Gasteiger partial charge in [0.15, 0.2) is 0 Å². The molecule has 22 heavy (non-hydrogen) atoms. The van der Waals surface area contributed by atoms with Gasteiger partial charge in [-0.3, -0.25) is 0 Å². The van der Waals surface area contributed by atoms with Crippen molar-refractivity contribution in [2.24, 2.45) is 5.73 Å². The molecule has 2 aromatic rings. The highest BCUT2D eigenvalue weighted by Gasteiger charge is 2.20. The fraction of sp³-hybridized carbons (Fsp3) is 0.125. The van der Waals surface area contributed by atoms with Crippen molar-refractivity contribution in [3.8, 4) is 0 Å². The van der Waals surface area contributed by atoms with Crippen LogP contribution >= 0.6 is 0 Å². The van der Waals surface area contributed by atoms with Gasteiger partial charge in [-0.1, -0.05) is 24.3 Å². The van der Waals surface area contributed by atoms with Crippen LogP contribution in [0.3, 0.4) is 0 Å². The summed E-state index contributed by atoms with van der Waals surface area (Å²) in [5.41, 5.74) is 6.40. The van der Waals surface area contributed by atoms with Gasteiger partial charge in [-0.25, -0.2) is 8.42 Å². The van der Waals surface area contributed by atoms with Crippen LogP contribution in [0.1, 0.15) is 5.56 Å². The maximum atomic E-state index is 12.8. The summed E-state index contributed by atoms with van der Waals surface area (Å²) < 4.78 is 25.7. The van der Waals surface area contributed by atoms with Gasteiger partial charge in [0.1, 0.15) is 5.76 Å². The molecule has 1 aliphatic heterocycles. The third-order valence-electron chi connectivity index (χ3n) is 3.65. The number of nitrogens with two attached hydrogens (primary N) is 1. The van der Waals surface area contributed by atoms with Gasteiger partial charge in [0.05, 0.1) is 16.3 Å². The van der Waals surface area contributed by atoms with Gasteiger partial charge in [0.2, 0.25) is 9.84 Å². The standard InChI is InChI=1S/C16H16N2O3S/c17-8-11-4-6-12(7-5-11)22(20,21)16-3-1-2-13-14(16)9-18-10-15(13)19/h1-7,9,18-19H,8,10,17H2. The van der Waals surface area contributed by atoms with Gasteiger partial charge in [-0.15, -0.1) is 0 Å². The Hall–Kier alpha value is -2.31. The average molecular weight is 316 g/mol. The SMILES string of the molecule is NCc1ccc(S(=O)(=O)c2cccc3c2=CNCC=3O)cc1. The van der Waals surface area contributed by atoms with Crippen LogP contribution in [0.5, 0.6) is 0 Å². The Morgan fingerprint density at radius 1 is 1.14 bits per heavy atom. The predicted octanol–water partition coefficient (Wildman–Crippen LogP) is -0.0145. The lowest BCUT2D eigenvalue weighted by molar-refractivity contribution is 0.482. The second-order valence-electron chi connectivity index (χ2n) is 5.04. The first-order valence-electron chi connectivity index (χ1n) is 6.83. The molecule has 2 aromatic carbocycles. The molecule has 0 fully saturated rings. The van der Waals surface area contributed by atoms with Crippen LogP contribution in [-0.2, 0) is 16.4 Å². The third-order valence-corrected chi connectivity index (χ3v) is 5.48. The molecule has 0 radical (unpaired) electrons. The maximum absolute atomic E-state index is 12.8. The molecule has 0 atom stereocenters. The lowest BCUT2D eigenvalue weighted by atomic mass is 10.2. The zero-order chi connectivity index (χ0) is 15.7. The van der Waals surface area contributed by atoms with Crippen LogP contribution in [0.2, 0.25) is 0 Å². The van der Waals surface area contributed by atoms with E-state index in [1.165, 1.54) is 0 Å². The Morgan fingerprint density at radius 3 is 2.55 bits per heavy atom. The minimum absolute atomic E-state index is 0.132. The normalized spacial score (nSPS) is 14.0. The van der Waals surface area contributed by atoms with Crippen LogP contribution < -0.4 is 21.5 Å². The highest BCUT2D eigenvalue weighted by molar-refractivity contribution is 7.91. The number of aliphatic hydroxyl groups is 1. The van der Waals surface area contributed by atoms with Crippen molar-refractivity contribution in [3.05, 3.63) is 58.5 Å². The Morgan fingerprint density at radius 2 is 1.86 bits per heavy atom. The molecule has 0 aromatic heterocycles. The number of nitrogens with one attached hydrogen (secondary N) is 1. The Bertz CT molecular complexity index is 932. The van der Waals surface area contributed by atoms with Crippen molar-refractivity contribution in [1.29, 1.82) is 0 Å². The van der Waals surface area contributed by atoms with Crippen LogP contribution in [0.25, 0.3) is 12.0 Å². The Balaban J connectivity index is 2.23. The number of sulfone groups is 1. The highest BCUT2D eigenvalue weighted by atomic mass is 32.2. The summed E-state index contributed by atoms with van der Waals surface area (Å²) in [4.78, 5) is 0.376. The molecule has 0 saturated heterocycles. The van der Waals surface area contributed by atoms with E-state index in [0.717, 1.165) is 5.56 Å². The summed E-state index contributed by atoms with van der Waals surface area (Å²) in [6.07, 6.45) is 1.62. The van der Waals surface area contributed by atoms with Crippen molar-refractivity contribution in [1.82, 2.24) is 5.32 Å². The van der Waals surface area contributed by atoms with E-state index in [0.29, 0.717) is 23.5 Å². The summed E-state index contributed by atoms with van der Waals surface area (Å²) >= 11 is 0. The smallest absolute Gasteiger partial charge is 0.207 e. The number of hydrogen-bond acceptors (Lipinski definition) is 5. The first-order chi connectivity index (χ1) is 10.5. The third kappa shape index (κ3) is 2.36. The van der Waals surface area contributed by atoms with Gasteiger partial charge in [0.25, 0.3) is 0 Å². The number of rotatable bonds is 3. The molecule has 6 heteroatoms. The average Bonchev–Trinajstić information content (AvgIpc) is 2.55.